The first-order valence-electron chi connectivity index (χ1n) is 6.21. The van der Waals surface area contributed by atoms with E-state index in [1.165, 1.54) is 4.90 Å². The number of nitrogens with zero attached hydrogens (tertiary/aromatic N) is 1. The van der Waals surface area contributed by atoms with Gasteiger partial charge in [0.15, 0.2) is 0 Å². The van der Waals surface area contributed by atoms with Crippen molar-refractivity contribution in [2.75, 3.05) is 19.6 Å². The molecule has 0 spiro atoms. The highest BCUT2D eigenvalue weighted by Crippen LogP contribution is 2.30. The number of carbonyl (C=O) groups excluding carboxylic acids is 1. The molecule has 2 amide bonds. The van der Waals surface area contributed by atoms with E-state index >= 15 is 0 Å². The lowest BCUT2D eigenvalue weighted by Crippen LogP contribution is -2.44. The molecule has 0 aliphatic carbocycles. The Morgan fingerprint density at radius 2 is 2.15 bits per heavy atom. The topological polar surface area (TPSA) is 69.6 Å². The zero-order valence-corrected chi connectivity index (χ0v) is 11.0. The minimum absolute atomic E-state index is 0.00445. The Balaban J connectivity index is 2.40. The predicted molar refractivity (Wildman–Crippen MR) is 65.1 cm³/mol. The molecule has 0 aromatic carbocycles. The molecular formula is C12H17F3N2O3. The summed E-state index contributed by atoms with van der Waals surface area (Å²) < 4.78 is 37.2. The third-order valence-electron chi connectivity index (χ3n) is 2.99. The van der Waals surface area contributed by atoms with Gasteiger partial charge in [-0.1, -0.05) is 13.0 Å². The molecule has 0 saturated carbocycles. The minimum atomic E-state index is -4.33. The van der Waals surface area contributed by atoms with Gasteiger partial charge in [0.2, 0.25) is 0 Å². The van der Waals surface area contributed by atoms with Gasteiger partial charge in [0.25, 0.3) is 0 Å². The Morgan fingerprint density at radius 1 is 1.50 bits per heavy atom. The van der Waals surface area contributed by atoms with Crippen LogP contribution in [0.15, 0.2) is 11.6 Å². The Kier molecular flexibility index (Phi) is 5.41. The summed E-state index contributed by atoms with van der Waals surface area (Å²) in [5, 5.41) is 11.1. The summed E-state index contributed by atoms with van der Waals surface area (Å²) in [6, 6.07) is -0.472. The standard InChI is InChI=1S/C12H17F3N2O3/c1-8(6-10(18)19)7-16-11(20)17-4-2-9(3-5-17)12(13,14)15/h2,8H,3-7H2,1H3,(H,16,20)(H,18,19). The van der Waals surface area contributed by atoms with Gasteiger partial charge in [0.1, 0.15) is 0 Å². The van der Waals surface area contributed by atoms with E-state index in [1.54, 1.807) is 6.92 Å². The van der Waals surface area contributed by atoms with Crippen LogP contribution in [0.1, 0.15) is 19.8 Å². The molecule has 1 unspecified atom stereocenters. The first-order chi connectivity index (χ1) is 9.20. The van der Waals surface area contributed by atoms with Crippen LogP contribution < -0.4 is 5.32 Å². The molecule has 0 bridgehead atoms. The molecule has 1 atom stereocenters. The molecule has 1 aliphatic rings. The second-order valence-corrected chi connectivity index (χ2v) is 4.81. The highest BCUT2D eigenvalue weighted by molar-refractivity contribution is 5.74. The van der Waals surface area contributed by atoms with Crippen LogP contribution in [0.3, 0.4) is 0 Å². The molecule has 0 saturated heterocycles. The minimum Gasteiger partial charge on any atom is -0.481 e. The van der Waals surface area contributed by atoms with Crippen LogP contribution in [-0.2, 0) is 4.79 Å². The molecule has 20 heavy (non-hydrogen) atoms. The van der Waals surface area contributed by atoms with Crippen LogP contribution in [0.2, 0.25) is 0 Å². The maximum absolute atomic E-state index is 12.4. The van der Waals surface area contributed by atoms with Crippen molar-refractivity contribution in [3.63, 3.8) is 0 Å². The maximum atomic E-state index is 12.4. The largest absolute Gasteiger partial charge is 0.481 e. The van der Waals surface area contributed by atoms with E-state index in [-0.39, 0.29) is 38.4 Å². The summed E-state index contributed by atoms with van der Waals surface area (Å²) in [5.74, 6) is -1.19. The molecule has 1 aliphatic heterocycles. The molecule has 2 N–H and O–H groups in total. The van der Waals surface area contributed by atoms with E-state index in [9.17, 15) is 22.8 Å². The fourth-order valence-electron chi connectivity index (χ4n) is 1.85. The fraction of sp³-hybridized carbons (Fsp3) is 0.667. The third-order valence-corrected chi connectivity index (χ3v) is 2.99. The number of urea groups is 1. The SMILES string of the molecule is CC(CNC(=O)N1CC=C(C(F)(F)F)CC1)CC(=O)O. The highest BCUT2D eigenvalue weighted by atomic mass is 19.4. The van der Waals surface area contributed by atoms with Crippen molar-refractivity contribution in [1.82, 2.24) is 10.2 Å². The number of carboxylic acids is 1. The van der Waals surface area contributed by atoms with E-state index < -0.39 is 23.7 Å². The lowest BCUT2D eigenvalue weighted by atomic mass is 10.1. The smallest absolute Gasteiger partial charge is 0.412 e. The molecular weight excluding hydrogens is 277 g/mol. The van der Waals surface area contributed by atoms with Crippen molar-refractivity contribution in [3.8, 4) is 0 Å². The van der Waals surface area contributed by atoms with Crippen LogP contribution in [0, 0.1) is 5.92 Å². The third kappa shape index (κ3) is 5.10. The van der Waals surface area contributed by atoms with Crippen LogP contribution in [0.25, 0.3) is 0 Å². The van der Waals surface area contributed by atoms with Gasteiger partial charge in [-0.05, 0) is 12.3 Å². The van der Waals surface area contributed by atoms with Gasteiger partial charge in [0, 0.05) is 31.6 Å². The van der Waals surface area contributed by atoms with Crippen molar-refractivity contribution in [3.05, 3.63) is 11.6 Å². The van der Waals surface area contributed by atoms with Crippen LogP contribution in [0.4, 0.5) is 18.0 Å². The monoisotopic (exact) mass is 294 g/mol. The van der Waals surface area contributed by atoms with Gasteiger partial charge in [-0.15, -0.1) is 0 Å². The number of aliphatic carboxylic acids is 1. The van der Waals surface area contributed by atoms with E-state index in [2.05, 4.69) is 5.32 Å². The summed E-state index contributed by atoms with van der Waals surface area (Å²) in [6.07, 6.45) is -3.62. The van der Waals surface area contributed by atoms with Crippen molar-refractivity contribution in [2.45, 2.75) is 25.9 Å². The van der Waals surface area contributed by atoms with Crippen LogP contribution in [0.5, 0.6) is 0 Å². The lowest BCUT2D eigenvalue weighted by molar-refractivity contribution is -0.137. The Morgan fingerprint density at radius 3 is 2.60 bits per heavy atom. The van der Waals surface area contributed by atoms with Gasteiger partial charge >= 0.3 is 18.2 Å². The first kappa shape index (κ1) is 16.3. The second kappa shape index (κ2) is 6.62. The van der Waals surface area contributed by atoms with Crippen LogP contribution >= 0.6 is 0 Å². The molecule has 0 aromatic heterocycles. The summed E-state index contributed by atoms with van der Waals surface area (Å²) in [7, 11) is 0. The predicted octanol–water partition coefficient (Wildman–Crippen LogP) is 2.00. The van der Waals surface area contributed by atoms with E-state index in [1.807, 2.05) is 0 Å². The molecule has 1 heterocycles. The number of hydrogen-bond acceptors (Lipinski definition) is 2. The van der Waals surface area contributed by atoms with Crippen molar-refractivity contribution < 1.29 is 27.9 Å². The number of rotatable bonds is 4. The number of carboxylic acid groups (broad SMARTS) is 1. The second-order valence-electron chi connectivity index (χ2n) is 4.81. The molecule has 114 valence electrons. The lowest BCUT2D eigenvalue weighted by Gasteiger charge is -2.27. The van der Waals surface area contributed by atoms with Crippen molar-refractivity contribution in [2.24, 2.45) is 5.92 Å². The molecule has 0 radical (unpaired) electrons. The van der Waals surface area contributed by atoms with E-state index in [0.29, 0.717) is 0 Å². The average molecular weight is 294 g/mol. The fourth-order valence-corrected chi connectivity index (χ4v) is 1.85. The summed E-state index contributed by atoms with van der Waals surface area (Å²) in [4.78, 5) is 23.4. The number of amides is 2. The number of hydrogen-bond donors (Lipinski definition) is 2. The van der Waals surface area contributed by atoms with Gasteiger partial charge in [-0.3, -0.25) is 4.79 Å². The zero-order valence-electron chi connectivity index (χ0n) is 11.0. The number of halogens is 3. The first-order valence-corrected chi connectivity index (χ1v) is 6.21. The molecule has 1 rings (SSSR count). The summed E-state index contributed by atoms with van der Waals surface area (Å²) >= 11 is 0. The van der Waals surface area contributed by atoms with Crippen molar-refractivity contribution >= 4 is 12.0 Å². The quantitative estimate of drug-likeness (QED) is 0.779. The summed E-state index contributed by atoms with van der Waals surface area (Å²) in [5.41, 5.74) is -0.610. The van der Waals surface area contributed by atoms with E-state index in [0.717, 1.165) is 6.08 Å². The maximum Gasteiger partial charge on any atom is 0.412 e. The van der Waals surface area contributed by atoms with Crippen molar-refractivity contribution in [1.29, 1.82) is 0 Å². The average Bonchev–Trinajstić information content (AvgIpc) is 2.34. The Hall–Kier alpha value is -1.73. The number of nitrogens with one attached hydrogen (secondary N) is 1. The molecule has 8 heteroatoms. The normalized spacial score (nSPS) is 17.4. The molecule has 5 nitrogen and oxygen atoms in total. The van der Waals surface area contributed by atoms with Gasteiger partial charge < -0.3 is 15.3 Å². The number of carbonyl (C=O) groups is 2. The van der Waals surface area contributed by atoms with Gasteiger partial charge in [0.05, 0.1) is 0 Å². The zero-order chi connectivity index (χ0) is 15.3. The summed E-state index contributed by atoms with van der Waals surface area (Å²) in [6.45, 7) is 1.77. The highest BCUT2D eigenvalue weighted by Gasteiger charge is 2.35. The van der Waals surface area contributed by atoms with Gasteiger partial charge in [-0.25, -0.2) is 4.79 Å². The van der Waals surface area contributed by atoms with Gasteiger partial charge in [-0.2, -0.15) is 13.2 Å². The van der Waals surface area contributed by atoms with E-state index in [4.69, 9.17) is 5.11 Å². The Bertz CT molecular complexity index is 407. The Labute approximate surface area is 114 Å². The number of alkyl halides is 3. The van der Waals surface area contributed by atoms with Crippen LogP contribution in [-0.4, -0.2) is 47.8 Å². The molecule has 0 fully saturated rings. The molecule has 0 aromatic rings.